The summed E-state index contributed by atoms with van der Waals surface area (Å²) in [6.07, 6.45) is 3.91. The van der Waals surface area contributed by atoms with Crippen molar-refractivity contribution in [3.8, 4) is 5.75 Å². The van der Waals surface area contributed by atoms with Gasteiger partial charge in [0, 0.05) is 10.6 Å². The fourth-order valence-corrected chi connectivity index (χ4v) is 5.90. The minimum absolute atomic E-state index is 0.124. The minimum atomic E-state index is -0.209. The summed E-state index contributed by atoms with van der Waals surface area (Å²) in [7, 11) is 0. The number of aromatic amines is 1. The lowest BCUT2D eigenvalue weighted by molar-refractivity contribution is -0.113. The summed E-state index contributed by atoms with van der Waals surface area (Å²) in [4.78, 5) is 31.6. The Balaban J connectivity index is 1.21. The number of carbonyl (C=O) groups excluding carboxylic acids is 2. The molecule has 0 saturated carbocycles. The molecule has 0 saturated heterocycles. The van der Waals surface area contributed by atoms with E-state index in [4.69, 9.17) is 4.74 Å². The number of thiophene rings is 1. The van der Waals surface area contributed by atoms with E-state index in [-0.39, 0.29) is 24.2 Å². The maximum absolute atomic E-state index is 13.2. The normalized spacial score (nSPS) is 12.6. The molecule has 0 spiro atoms. The highest BCUT2D eigenvalue weighted by molar-refractivity contribution is 7.99. The first-order valence-corrected chi connectivity index (χ1v) is 13.5. The fourth-order valence-electron chi connectivity index (χ4n) is 3.98. The number of rotatable bonds is 9. The first-order chi connectivity index (χ1) is 17.7. The summed E-state index contributed by atoms with van der Waals surface area (Å²) < 4.78 is 5.67. The van der Waals surface area contributed by atoms with Gasteiger partial charge in [-0.1, -0.05) is 48.2 Å². The number of nitrogens with one attached hydrogen (secondary N) is 3. The van der Waals surface area contributed by atoms with Crippen LogP contribution >= 0.6 is 23.1 Å². The van der Waals surface area contributed by atoms with Crippen molar-refractivity contribution in [1.82, 2.24) is 15.2 Å². The predicted octanol–water partition coefficient (Wildman–Crippen LogP) is 5.31. The van der Waals surface area contributed by atoms with Crippen molar-refractivity contribution in [1.29, 1.82) is 0 Å². The highest BCUT2D eigenvalue weighted by Gasteiger charge is 2.26. The van der Waals surface area contributed by atoms with E-state index in [0.717, 1.165) is 42.7 Å². The van der Waals surface area contributed by atoms with Crippen LogP contribution in [0.2, 0.25) is 0 Å². The number of anilines is 2. The SMILES string of the molecule is O=C(CSc1n[nH]c(COc2ccccc2)n1)Nc1sc2c(c1C(=O)Nc1ccccc1)CCCC2. The van der Waals surface area contributed by atoms with Crippen LogP contribution in [0.4, 0.5) is 10.7 Å². The highest BCUT2D eigenvalue weighted by atomic mass is 32.2. The van der Waals surface area contributed by atoms with Crippen LogP contribution in [-0.4, -0.2) is 32.7 Å². The van der Waals surface area contributed by atoms with Crippen LogP contribution in [-0.2, 0) is 24.2 Å². The maximum Gasteiger partial charge on any atom is 0.258 e. The zero-order chi connectivity index (χ0) is 24.7. The van der Waals surface area contributed by atoms with Crippen LogP contribution in [0, 0.1) is 0 Å². The van der Waals surface area contributed by atoms with Crippen molar-refractivity contribution >= 4 is 45.6 Å². The Bertz CT molecular complexity index is 1340. The van der Waals surface area contributed by atoms with Gasteiger partial charge in [0.05, 0.1) is 11.3 Å². The van der Waals surface area contributed by atoms with Crippen molar-refractivity contribution in [3.63, 3.8) is 0 Å². The van der Waals surface area contributed by atoms with Gasteiger partial charge >= 0.3 is 0 Å². The molecule has 1 aliphatic carbocycles. The van der Waals surface area contributed by atoms with Gasteiger partial charge in [-0.15, -0.1) is 16.4 Å². The van der Waals surface area contributed by atoms with E-state index < -0.39 is 0 Å². The number of benzene rings is 2. The van der Waals surface area contributed by atoms with Gasteiger partial charge < -0.3 is 15.4 Å². The van der Waals surface area contributed by atoms with Crippen LogP contribution in [0.3, 0.4) is 0 Å². The number of thioether (sulfide) groups is 1. The third kappa shape index (κ3) is 5.95. The van der Waals surface area contributed by atoms with E-state index in [2.05, 4.69) is 25.8 Å². The first-order valence-electron chi connectivity index (χ1n) is 11.7. The molecular weight excluding hydrogens is 494 g/mol. The molecule has 1 aliphatic rings. The molecule has 0 unspecified atom stereocenters. The summed E-state index contributed by atoms with van der Waals surface area (Å²) in [6, 6.07) is 18.8. The van der Waals surface area contributed by atoms with Gasteiger partial charge in [0.25, 0.3) is 5.91 Å². The van der Waals surface area contributed by atoms with Crippen molar-refractivity contribution in [2.45, 2.75) is 37.4 Å². The molecule has 0 bridgehead atoms. The molecule has 184 valence electrons. The molecule has 5 rings (SSSR count). The summed E-state index contributed by atoms with van der Waals surface area (Å²) in [5.41, 5.74) is 2.36. The molecule has 0 radical (unpaired) electrons. The highest BCUT2D eigenvalue weighted by Crippen LogP contribution is 2.38. The Hall–Kier alpha value is -3.63. The Morgan fingerprint density at radius 1 is 1.00 bits per heavy atom. The summed E-state index contributed by atoms with van der Waals surface area (Å²) in [6.45, 7) is 0.254. The zero-order valence-corrected chi connectivity index (χ0v) is 21.1. The van der Waals surface area contributed by atoms with E-state index in [9.17, 15) is 9.59 Å². The van der Waals surface area contributed by atoms with E-state index in [1.165, 1.54) is 28.0 Å². The number of nitrogens with zero attached hydrogens (tertiary/aromatic N) is 2. The van der Waals surface area contributed by atoms with E-state index >= 15 is 0 Å². The number of hydrogen-bond acceptors (Lipinski definition) is 7. The standard InChI is InChI=1S/C26H25N5O3S2/c32-22(16-35-26-28-21(30-31-26)15-34-18-11-5-2-6-12-18)29-25-23(19-13-7-8-14-20(19)36-25)24(33)27-17-9-3-1-4-10-17/h1-6,9-12H,7-8,13-16H2,(H,27,33)(H,29,32)(H,28,30,31). The quantitative estimate of drug-likeness (QED) is 0.259. The number of hydrogen-bond donors (Lipinski definition) is 3. The largest absolute Gasteiger partial charge is 0.486 e. The van der Waals surface area contributed by atoms with Crippen molar-refractivity contribution in [3.05, 3.63) is 82.5 Å². The molecule has 10 heteroatoms. The second-order valence-corrected chi connectivity index (χ2v) is 10.3. The third-order valence-electron chi connectivity index (χ3n) is 5.65. The topological polar surface area (TPSA) is 109 Å². The van der Waals surface area contributed by atoms with E-state index in [1.807, 2.05) is 60.7 Å². The van der Waals surface area contributed by atoms with Crippen LogP contribution in [0.1, 0.15) is 39.5 Å². The predicted molar refractivity (Wildman–Crippen MR) is 142 cm³/mol. The summed E-state index contributed by atoms with van der Waals surface area (Å²) >= 11 is 2.73. The van der Waals surface area contributed by atoms with Crippen molar-refractivity contribution in [2.75, 3.05) is 16.4 Å². The fraction of sp³-hybridized carbons (Fsp3) is 0.231. The maximum atomic E-state index is 13.2. The average molecular weight is 520 g/mol. The Morgan fingerprint density at radius 3 is 2.56 bits per heavy atom. The number of aromatic nitrogens is 3. The van der Waals surface area contributed by atoms with Gasteiger partial charge in [-0.05, 0) is 55.5 Å². The number of carbonyl (C=O) groups is 2. The molecule has 0 atom stereocenters. The second kappa shape index (κ2) is 11.4. The molecule has 2 aromatic carbocycles. The summed E-state index contributed by atoms with van der Waals surface area (Å²) in [5, 5.41) is 14.0. The summed E-state index contributed by atoms with van der Waals surface area (Å²) in [5.74, 6) is 1.04. The van der Waals surface area contributed by atoms with E-state index in [1.54, 1.807) is 0 Å². The minimum Gasteiger partial charge on any atom is -0.486 e. The van der Waals surface area contributed by atoms with Gasteiger partial charge in [0.1, 0.15) is 17.4 Å². The third-order valence-corrected chi connectivity index (χ3v) is 7.70. The van der Waals surface area contributed by atoms with Crippen LogP contribution < -0.4 is 15.4 Å². The number of fused-ring (bicyclic) bond motifs is 1. The van der Waals surface area contributed by atoms with Crippen LogP contribution in [0.5, 0.6) is 5.75 Å². The molecule has 0 aliphatic heterocycles. The molecule has 4 aromatic rings. The Morgan fingerprint density at radius 2 is 1.75 bits per heavy atom. The lowest BCUT2D eigenvalue weighted by atomic mass is 9.95. The van der Waals surface area contributed by atoms with Crippen LogP contribution in [0.15, 0.2) is 65.8 Å². The lowest BCUT2D eigenvalue weighted by Crippen LogP contribution is -2.19. The van der Waals surface area contributed by atoms with Gasteiger partial charge in [0.15, 0.2) is 5.82 Å². The lowest BCUT2D eigenvalue weighted by Gasteiger charge is -2.13. The zero-order valence-electron chi connectivity index (χ0n) is 19.5. The molecule has 3 N–H and O–H groups in total. The number of amides is 2. The van der Waals surface area contributed by atoms with Crippen molar-refractivity contribution < 1.29 is 14.3 Å². The van der Waals surface area contributed by atoms with Crippen molar-refractivity contribution in [2.24, 2.45) is 0 Å². The van der Waals surface area contributed by atoms with E-state index in [0.29, 0.717) is 21.5 Å². The number of para-hydroxylation sites is 2. The van der Waals surface area contributed by atoms with Gasteiger partial charge in [0.2, 0.25) is 11.1 Å². The molecule has 2 heterocycles. The molecule has 36 heavy (non-hydrogen) atoms. The molecule has 2 amide bonds. The molecule has 0 fully saturated rings. The van der Waals surface area contributed by atoms with Gasteiger partial charge in [-0.3, -0.25) is 14.7 Å². The van der Waals surface area contributed by atoms with Crippen LogP contribution in [0.25, 0.3) is 0 Å². The number of ether oxygens (including phenoxy) is 1. The molecule has 8 nitrogen and oxygen atoms in total. The number of aryl methyl sites for hydroxylation is 1. The first kappa shape index (κ1) is 24.1. The van der Waals surface area contributed by atoms with Gasteiger partial charge in [-0.2, -0.15) is 0 Å². The Labute approximate surface area is 216 Å². The Kier molecular flexibility index (Phi) is 7.63. The second-order valence-electron chi connectivity index (χ2n) is 8.24. The molecule has 2 aromatic heterocycles. The smallest absolute Gasteiger partial charge is 0.258 e. The average Bonchev–Trinajstić information content (AvgIpc) is 3.51. The molecular formula is C26H25N5O3S2. The number of H-pyrrole nitrogens is 1. The van der Waals surface area contributed by atoms with Gasteiger partial charge in [-0.25, -0.2) is 4.98 Å². The monoisotopic (exact) mass is 519 g/mol.